The molecule has 0 saturated heterocycles. The lowest BCUT2D eigenvalue weighted by molar-refractivity contribution is -0.113. The maximum absolute atomic E-state index is 12.8. The van der Waals surface area contributed by atoms with Crippen molar-refractivity contribution in [2.75, 3.05) is 11.1 Å². The Kier molecular flexibility index (Phi) is 7.47. The topological polar surface area (TPSA) is 67.8 Å². The van der Waals surface area contributed by atoms with Crippen LogP contribution in [0.5, 0.6) is 0 Å². The molecular formula is C27H26N4OS. The molecule has 0 atom stereocenters. The van der Waals surface area contributed by atoms with E-state index in [2.05, 4.69) is 41.5 Å². The minimum absolute atomic E-state index is 0.0763. The molecule has 4 aromatic rings. The van der Waals surface area contributed by atoms with E-state index >= 15 is 0 Å². The molecule has 3 aromatic carbocycles. The quantitative estimate of drug-likeness (QED) is 0.328. The molecule has 0 radical (unpaired) electrons. The number of nitrogens with zero attached hydrogens (tertiary/aromatic N) is 3. The van der Waals surface area contributed by atoms with Crippen LogP contribution in [0.1, 0.15) is 25.0 Å². The Hall–Kier alpha value is -3.51. The fourth-order valence-corrected chi connectivity index (χ4v) is 4.26. The van der Waals surface area contributed by atoms with Crippen molar-refractivity contribution >= 4 is 23.4 Å². The monoisotopic (exact) mass is 454 g/mol. The third-order valence-corrected chi connectivity index (χ3v) is 6.20. The van der Waals surface area contributed by atoms with E-state index in [0.717, 1.165) is 52.2 Å². The molecule has 1 N–H and O–H groups in total. The van der Waals surface area contributed by atoms with Gasteiger partial charge in [-0.15, -0.1) is 10.2 Å². The number of amides is 1. The molecule has 0 aliphatic carbocycles. The Morgan fingerprint density at radius 2 is 1.33 bits per heavy atom. The first-order valence-electron chi connectivity index (χ1n) is 11.1. The lowest BCUT2D eigenvalue weighted by Crippen LogP contribution is -2.17. The van der Waals surface area contributed by atoms with Crippen molar-refractivity contribution in [1.82, 2.24) is 15.2 Å². The number of nitrogens with one attached hydrogen (secondary N) is 1. The van der Waals surface area contributed by atoms with Crippen LogP contribution in [0.3, 0.4) is 0 Å². The number of aryl methyl sites for hydroxylation is 2. The van der Waals surface area contributed by atoms with E-state index in [1.165, 1.54) is 11.8 Å². The van der Waals surface area contributed by atoms with Crippen LogP contribution < -0.4 is 5.32 Å². The zero-order chi connectivity index (χ0) is 23.0. The summed E-state index contributed by atoms with van der Waals surface area (Å²) in [6, 6.07) is 26.0. The van der Waals surface area contributed by atoms with Crippen molar-refractivity contribution < 1.29 is 4.79 Å². The van der Waals surface area contributed by atoms with Crippen molar-refractivity contribution in [2.24, 2.45) is 0 Å². The zero-order valence-electron chi connectivity index (χ0n) is 18.8. The summed E-state index contributed by atoms with van der Waals surface area (Å²) < 4.78 is 0. The van der Waals surface area contributed by atoms with Gasteiger partial charge in [0.2, 0.25) is 11.1 Å². The van der Waals surface area contributed by atoms with Gasteiger partial charge >= 0.3 is 0 Å². The van der Waals surface area contributed by atoms with Crippen LogP contribution in [0, 0.1) is 0 Å². The zero-order valence-corrected chi connectivity index (χ0v) is 19.6. The van der Waals surface area contributed by atoms with Crippen LogP contribution in [-0.2, 0) is 17.6 Å². The van der Waals surface area contributed by atoms with Crippen molar-refractivity contribution in [2.45, 2.75) is 31.8 Å². The summed E-state index contributed by atoms with van der Waals surface area (Å²) in [6.07, 6.45) is 1.73. The van der Waals surface area contributed by atoms with E-state index in [-0.39, 0.29) is 11.7 Å². The molecule has 4 rings (SSSR count). The van der Waals surface area contributed by atoms with E-state index in [1.54, 1.807) is 0 Å². The van der Waals surface area contributed by atoms with Gasteiger partial charge in [0.05, 0.1) is 5.75 Å². The third-order valence-electron chi connectivity index (χ3n) is 5.36. The molecule has 0 aliphatic heterocycles. The minimum atomic E-state index is -0.0763. The van der Waals surface area contributed by atoms with Crippen LogP contribution >= 0.6 is 11.8 Å². The number of carbonyl (C=O) groups excluding carboxylic acids is 1. The van der Waals surface area contributed by atoms with Gasteiger partial charge < -0.3 is 5.32 Å². The fourth-order valence-electron chi connectivity index (χ4n) is 3.67. The summed E-state index contributed by atoms with van der Waals surface area (Å²) in [5.41, 5.74) is 6.60. The van der Waals surface area contributed by atoms with E-state index in [4.69, 9.17) is 4.98 Å². The number of carbonyl (C=O) groups is 1. The van der Waals surface area contributed by atoms with Crippen LogP contribution in [0.15, 0.2) is 84.0 Å². The maximum atomic E-state index is 12.8. The molecule has 0 saturated carbocycles. The maximum Gasteiger partial charge on any atom is 0.234 e. The van der Waals surface area contributed by atoms with Crippen LogP contribution in [0.4, 0.5) is 5.69 Å². The highest BCUT2D eigenvalue weighted by Gasteiger charge is 2.15. The predicted octanol–water partition coefficient (Wildman–Crippen LogP) is 6.06. The molecule has 1 heterocycles. The molecule has 6 heteroatoms. The number of thioether (sulfide) groups is 1. The minimum Gasteiger partial charge on any atom is -0.325 e. The Morgan fingerprint density at radius 1 is 0.758 bits per heavy atom. The average Bonchev–Trinajstić information content (AvgIpc) is 2.88. The molecule has 0 bridgehead atoms. The molecule has 33 heavy (non-hydrogen) atoms. The van der Waals surface area contributed by atoms with E-state index in [0.29, 0.717) is 5.16 Å². The van der Waals surface area contributed by atoms with Crippen molar-refractivity contribution in [3.05, 3.63) is 90.0 Å². The lowest BCUT2D eigenvalue weighted by Gasteiger charge is -2.14. The number of hydrogen-bond donors (Lipinski definition) is 1. The first kappa shape index (κ1) is 22.7. The lowest BCUT2D eigenvalue weighted by atomic mass is 10.0. The van der Waals surface area contributed by atoms with Gasteiger partial charge in [-0.25, -0.2) is 4.98 Å². The van der Waals surface area contributed by atoms with Crippen molar-refractivity contribution in [3.8, 4) is 22.5 Å². The Bertz CT molecular complexity index is 1210. The molecule has 0 aliphatic rings. The fraction of sp³-hybridized carbons (Fsp3) is 0.185. The summed E-state index contributed by atoms with van der Waals surface area (Å²) in [4.78, 5) is 17.5. The van der Waals surface area contributed by atoms with Gasteiger partial charge in [-0.05, 0) is 24.0 Å². The van der Waals surface area contributed by atoms with E-state index in [1.807, 2.05) is 66.7 Å². The van der Waals surface area contributed by atoms with Gasteiger partial charge in [0.1, 0.15) is 11.4 Å². The molecule has 0 fully saturated rings. The summed E-state index contributed by atoms with van der Waals surface area (Å²) in [7, 11) is 0. The van der Waals surface area contributed by atoms with Crippen LogP contribution in [-0.4, -0.2) is 26.8 Å². The summed E-state index contributed by atoms with van der Waals surface area (Å²) in [5, 5.41) is 12.4. The molecule has 1 amide bonds. The summed E-state index contributed by atoms with van der Waals surface area (Å²) in [6.45, 7) is 4.19. The number of hydrogen-bond acceptors (Lipinski definition) is 5. The first-order valence-corrected chi connectivity index (χ1v) is 12.1. The standard InChI is InChI=1S/C27H26N4OS/c1-3-19-16-11-17-20(4-2)24(19)28-23(32)18-33-27-29-25(21-12-7-5-8-13-21)26(30-31-27)22-14-9-6-10-15-22/h5-17H,3-4,18H2,1-2H3,(H,28,32). The Balaban J connectivity index is 1.55. The Morgan fingerprint density at radius 3 is 1.91 bits per heavy atom. The number of aromatic nitrogens is 3. The number of anilines is 1. The predicted molar refractivity (Wildman–Crippen MR) is 135 cm³/mol. The average molecular weight is 455 g/mol. The second-order valence-corrected chi connectivity index (χ2v) is 8.46. The van der Waals surface area contributed by atoms with Crippen molar-refractivity contribution in [1.29, 1.82) is 0 Å². The van der Waals surface area contributed by atoms with Gasteiger partial charge in [0.25, 0.3) is 0 Å². The first-order chi connectivity index (χ1) is 16.2. The van der Waals surface area contributed by atoms with Gasteiger partial charge in [-0.3, -0.25) is 4.79 Å². The molecule has 0 spiro atoms. The summed E-state index contributed by atoms with van der Waals surface area (Å²) in [5.74, 6) is 0.134. The third kappa shape index (κ3) is 5.46. The molecular weight excluding hydrogens is 428 g/mol. The summed E-state index contributed by atoms with van der Waals surface area (Å²) >= 11 is 1.29. The second kappa shape index (κ2) is 10.9. The number of benzene rings is 3. The smallest absolute Gasteiger partial charge is 0.234 e. The van der Waals surface area contributed by atoms with Gasteiger partial charge in [0.15, 0.2) is 0 Å². The molecule has 166 valence electrons. The molecule has 0 unspecified atom stereocenters. The van der Waals surface area contributed by atoms with Crippen LogP contribution in [0.2, 0.25) is 0 Å². The highest BCUT2D eigenvalue weighted by Crippen LogP contribution is 2.30. The van der Waals surface area contributed by atoms with E-state index < -0.39 is 0 Å². The highest BCUT2D eigenvalue weighted by atomic mass is 32.2. The molecule has 1 aromatic heterocycles. The largest absolute Gasteiger partial charge is 0.325 e. The van der Waals surface area contributed by atoms with Gasteiger partial charge in [0, 0.05) is 16.8 Å². The normalized spacial score (nSPS) is 10.7. The number of para-hydroxylation sites is 1. The van der Waals surface area contributed by atoms with Gasteiger partial charge in [-0.2, -0.15) is 0 Å². The van der Waals surface area contributed by atoms with E-state index in [9.17, 15) is 4.79 Å². The molecule has 5 nitrogen and oxygen atoms in total. The Labute approximate surface area is 198 Å². The second-order valence-electron chi connectivity index (χ2n) is 7.52. The van der Waals surface area contributed by atoms with Crippen molar-refractivity contribution in [3.63, 3.8) is 0 Å². The number of rotatable bonds is 8. The van der Waals surface area contributed by atoms with Gasteiger partial charge in [-0.1, -0.05) is 104 Å². The highest BCUT2D eigenvalue weighted by molar-refractivity contribution is 7.99. The van der Waals surface area contributed by atoms with Crippen LogP contribution in [0.25, 0.3) is 22.5 Å². The SMILES string of the molecule is CCc1cccc(CC)c1NC(=O)CSc1nnc(-c2ccccc2)c(-c2ccccc2)n1.